The van der Waals surface area contributed by atoms with E-state index in [1.165, 1.54) is 0 Å². The summed E-state index contributed by atoms with van der Waals surface area (Å²) in [5, 5.41) is 3.97. The van der Waals surface area contributed by atoms with Crippen molar-refractivity contribution in [2.45, 2.75) is 63.4 Å². The summed E-state index contributed by atoms with van der Waals surface area (Å²) in [6, 6.07) is 17.6. The molecule has 2 aromatic carbocycles. The molecule has 1 fully saturated rings. The van der Waals surface area contributed by atoms with Gasteiger partial charge in [0, 0.05) is 34.3 Å². The standard InChI is InChI=1S/C28H28ClNO3/c1-17-25(28(32)33-20-11-5-6-12-20)26(21-13-7-8-14-22(21)29)27-23(30-17)15-19(16-24(27)31)18-9-3-2-4-10-18/h2-4,7-10,13-14,19-20,26,30H,5-6,11-12,15-16H2,1H3/t19-,26+/m0/s1. The van der Waals surface area contributed by atoms with E-state index in [-0.39, 0.29) is 23.8 Å². The van der Waals surface area contributed by atoms with E-state index in [0.717, 1.165) is 48.2 Å². The molecule has 5 heteroatoms. The minimum Gasteiger partial charge on any atom is -0.459 e. The highest BCUT2D eigenvalue weighted by Crippen LogP contribution is 2.47. The number of Topliss-reactive ketones (excluding diaryl/α,β-unsaturated/α-hetero) is 1. The molecule has 2 aromatic rings. The fourth-order valence-corrected chi connectivity index (χ4v) is 5.76. The van der Waals surface area contributed by atoms with Gasteiger partial charge < -0.3 is 10.1 Å². The number of nitrogens with one attached hydrogen (secondary N) is 1. The average Bonchev–Trinajstić information content (AvgIpc) is 3.32. The van der Waals surface area contributed by atoms with Crippen LogP contribution in [-0.2, 0) is 14.3 Å². The number of halogens is 1. The Balaban J connectivity index is 1.56. The monoisotopic (exact) mass is 461 g/mol. The van der Waals surface area contributed by atoms with E-state index in [4.69, 9.17) is 16.3 Å². The van der Waals surface area contributed by atoms with Gasteiger partial charge in [-0.15, -0.1) is 0 Å². The lowest BCUT2D eigenvalue weighted by Crippen LogP contribution is -2.36. The molecule has 0 aromatic heterocycles. The molecule has 1 heterocycles. The van der Waals surface area contributed by atoms with Gasteiger partial charge in [-0.3, -0.25) is 4.79 Å². The zero-order chi connectivity index (χ0) is 22.9. The van der Waals surface area contributed by atoms with Gasteiger partial charge in [0.05, 0.1) is 5.57 Å². The molecule has 0 unspecified atom stereocenters. The van der Waals surface area contributed by atoms with Crippen LogP contribution in [0.25, 0.3) is 0 Å². The SMILES string of the molecule is CC1=C(C(=O)OC2CCCC2)[C@@H](c2ccccc2Cl)C2=C(C[C@H](c3ccccc3)CC2=O)N1. The van der Waals surface area contributed by atoms with Gasteiger partial charge in [-0.05, 0) is 62.1 Å². The van der Waals surface area contributed by atoms with Crippen molar-refractivity contribution in [1.82, 2.24) is 5.32 Å². The van der Waals surface area contributed by atoms with Crippen LogP contribution in [0.15, 0.2) is 77.1 Å². The second kappa shape index (κ2) is 9.18. The summed E-state index contributed by atoms with van der Waals surface area (Å²) in [5.41, 5.74) is 4.71. The van der Waals surface area contributed by atoms with Crippen LogP contribution in [0.3, 0.4) is 0 Å². The van der Waals surface area contributed by atoms with Crippen LogP contribution in [0.1, 0.15) is 68.4 Å². The molecular formula is C28H28ClNO3. The first kappa shape index (κ1) is 22.0. The van der Waals surface area contributed by atoms with Crippen LogP contribution in [-0.4, -0.2) is 17.9 Å². The van der Waals surface area contributed by atoms with Crippen molar-refractivity contribution in [3.63, 3.8) is 0 Å². The molecule has 0 saturated heterocycles. The van der Waals surface area contributed by atoms with Gasteiger partial charge >= 0.3 is 5.97 Å². The predicted octanol–water partition coefficient (Wildman–Crippen LogP) is 6.19. The summed E-state index contributed by atoms with van der Waals surface area (Å²) in [6.45, 7) is 1.90. The molecule has 2 atom stereocenters. The van der Waals surface area contributed by atoms with E-state index in [0.29, 0.717) is 29.0 Å². The van der Waals surface area contributed by atoms with Crippen LogP contribution in [0.2, 0.25) is 5.02 Å². The molecule has 0 spiro atoms. The number of ether oxygens (including phenoxy) is 1. The van der Waals surface area contributed by atoms with E-state index < -0.39 is 5.92 Å². The van der Waals surface area contributed by atoms with Gasteiger partial charge in [0.15, 0.2) is 5.78 Å². The van der Waals surface area contributed by atoms with Gasteiger partial charge in [-0.25, -0.2) is 4.79 Å². The maximum absolute atomic E-state index is 13.6. The highest BCUT2D eigenvalue weighted by molar-refractivity contribution is 6.31. The summed E-state index contributed by atoms with van der Waals surface area (Å²) in [5.74, 6) is -0.702. The van der Waals surface area contributed by atoms with E-state index in [2.05, 4.69) is 17.4 Å². The Labute approximate surface area is 199 Å². The zero-order valence-electron chi connectivity index (χ0n) is 18.8. The van der Waals surface area contributed by atoms with Gasteiger partial charge in [0.1, 0.15) is 6.10 Å². The number of rotatable bonds is 4. The second-order valence-electron chi connectivity index (χ2n) is 9.26. The van der Waals surface area contributed by atoms with Crippen LogP contribution >= 0.6 is 11.6 Å². The number of carbonyl (C=O) groups is 2. The van der Waals surface area contributed by atoms with E-state index in [1.54, 1.807) is 0 Å². The Kier molecular flexibility index (Phi) is 6.11. The zero-order valence-corrected chi connectivity index (χ0v) is 19.5. The first-order valence-electron chi connectivity index (χ1n) is 11.8. The largest absolute Gasteiger partial charge is 0.459 e. The highest BCUT2D eigenvalue weighted by atomic mass is 35.5. The van der Waals surface area contributed by atoms with E-state index in [1.807, 2.05) is 49.4 Å². The molecule has 1 saturated carbocycles. The lowest BCUT2D eigenvalue weighted by atomic mass is 9.71. The molecule has 1 aliphatic heterocycles. The Morgan fingerprint density at radius 1 is 1.00 bits per heavy atom. The lowest BCUT2D eigenvalue weighted by Gasteiger charge is -2.37. The third kappa shape index (κ3) is 4.24. The minimum absolute atomic E-state index is 0.0513. The fraction of sp³-hybridized carbons (Fsp3) is 0.357. The number of hydrogen-bond donors (Lipinski definition) is 1. The molecule has 0 radical (unpaired) electrons. The molecule has 170 valence electrons. The van der Waals surface area contributed by atoms with Crippen molar-refractivity contribution in [2.75, 3.05) is 0 Å². The quantitative estimate of drug-likeness (QED) is 0.552. The number of ketones is 1. The lowest BCUT2D eigenvalue weighted by molar-refractivity contribution is -0.144. The Morgan fingerprint density at radius 2 is 1.70 bits per heavy atom. The predicted molar refractivity (Wildman–Crippen MR) is 129 cm³/mol. The van der Waals surface area contributed by atoms with Crippen molar-refractivity contribution in [1.29, 1.82) is 0 Å². The molecular weight excluding hydrogens is 434 g/mol. The van der Waals surface area contributed by atoms with Crippen molar-refractivity contribution in [2.24, 2.45) is 0 Å². The van der Waals surface area contributed by atoms with Crippen LogP contribution in [0, 0.1) is 0 Å². The molecule has 33 heavy (non-hydrogen) atoms. The van der Waals surface area contributed by atoms with Crippen molar-refractivity contribution in [3.05, 3.63) is 93.3 Å². The molecule has 3 aliphatic rings. The number of carbonyl (C=O) groups excluding carboxylic acids is 2. The number of hydrogen-bond acceptors (Lipinski definition) is 4. The molecule has 5 rings (SSSR count). The number of dihydropyridines is 1. The fourth-order valence-electron chi connectivity index (χ4n) is 5.51. The normalized spacial score (nSPS) is 23.4. The van der Waals surface area contributed by atoms with Crippen molar-refractivity contribution in [3.8, 4) is 0 Å². The molecule has 0 bridgehead atoms. The van der Waals surface area contributed by atoms with Gasteiger partial charge in [0.25, 0.3) is 0 Å². The number of allylic oxidation sites excluding steroid dienone is 3. The minimum atomic E-state index is -0.520. The van der Waals surface area contributed by atoms with Crippen LogP contribution < -0.4 is 5.32 Å². The third-order valence-corrected chi connectivity index (χ3v) is 7.45. The van der Waals surface area contributed by atoms with Gasteiger partial charge in [-0.2, -0.15) is 0 Å². The van der Waals surface area contributed by atoms with Crippen molar-refractivity contribution < 1.29 is 14.3 Å². The number of esters is 1. The Morgan fingerprint density at radius 3 is 2.42 bits per heavy atom. The first-order chi connectivity index (χ1) is 16.0. The smallest absolute Gasteiger partial charge is 0.337 e. The third-order valence-electron chi connectivity index (χ3n) is 7.11. The number of benzene rings is 2. The van der Waals surface area contributed by atoms with Gasteiger partial charge in [-0.1, -0.05) is 60.1 Å². The van der Waals surface area contributed by atoms with Crippen molar-refractivity contribution >= 4 is 23.4 Å². The second-order valence-corrected chi connectivity index (χ2v) is 9.67. The summed E-state index contributed by atoms with van der Waals surface area (Å²) >= 11 is 6.62. The molecule has 0 amide bonds. The highest BCUT2D eigenvalue weighted by Gasteiger charge is 2.42. The van der Waals surface area contributed by atoms with E-state index >= 15 is 0 Å². The summed E-state index contributed by atoms with van der Waals surface area (Å²) in [7, 11) is 0. The summed E-state index contributed by atoms with van der Waals surface area (Å²) in [4.78, 5) is 27.0. The maximum atomic E-state index is 13.6. The van der Waals surface area contributed by atoms with Crippen LogP contribution in [0.5, 0.6) is 0 Å². The van der Waals surface area contributed by atoms with Crippen LogP contribution in [0.4, 0.5) is 0 Å². The maximum Gasteiger partial charge on any atom is 0.337 e. The average molecular weight is 462 g/mol. The summed E-state index contributed by atoms with van der Waals surface area (Å²) < 4.78 is 5.90. The Bertz CT molecular complexity index is 1140. The summed E-state index contributed by atoms with van der Waals surface area (Å²) in [6.07, 6.45) is 5.03. The molecule has 4 nitrogen and oxygen atoms in total. The first-order valence-corrected chi connectivity index (χ1v) is 12.1. The topological polar surface area (TPSA) is 55.4 Å². The van der Waals surface area contributed by atoms with E-state index in [9.17, 15) is 9.59 Å². The molecule has 1 N–H and O–H groups in total. The Hall–Kier alpha value is -2.85. The molecule has 2 aliphatic carbocycles. The van der Waals surface area contributed by atoms with Gasteiger partial charge in [0.2, 0.25) is 0 Å².